The number of benzene rings is 2. The molecule has 0 saturated heterocycles. The van der Waals surface area contributed by atoms with Crippen LogP contribution in [-0.4, -0.2) is 9.38 Å². The van der Waals surface area contributed by atoms with Crippen molar-refractivity contribution in [2.24, 2.45) is 0 Å². The third kappa shape index (κ3) is 4.20. The average molecular weight is 440 g/mol. The summed E-state index contributed by atoms with van der Waals surface area (Å²) in [5.74, 6) is 7.43. The Morgan fingerprint density at radius 1 is 0.871 bits per heavy atom. The number of nitrogens with zero attached hydrogens (tertiary/aromatic N) is 2. The van der Waals surface area contributed by atoms with Crippen molar-refractivity contribution in [3.05, 3.63) is 112 Å². The van der Waals surface area contributed by atoms with Gasteiger partial charge in [-0.1, -0.05) is 65.9 Å². The van der Waals surface area contributed by atoms with E-state index in [1.165, 1.54) is 0 Å². The van der Waals surface area contributed by atoms with Crippen LogP contribution in [0.25, 0.3) is 16.2 Å². The van der Waals surface area contributed by atoms with E-state index in [1.807, 2.05) is 79.0 Å². The van der Waals surface area contributed by atoms with Gasteiger partial charge in [0, 0.05) is 23.3 Å². The number of rotatable bonds is 4. The van der Waals surface area contributed by atoms with Crippen LogP contribution < -0.4 is 5.32 Å². The zero-order chi connectivity index (χ0) is 21.0. The smallest absolute Gasteiger partial charge is 0.139 e. The second-order valence-corrected chi connectivity index (χ2v) is 8.45. The number of halogens is 1. The van der Waals surface area contributed by atoms with Gasteiger partial charge in [0.05, 0.1) is 9.75 Å². The van der Waals surface area contributed by atoms with Crippen LogP contribution in [-0.2, 0) is 6.54 Å². The fourth-order valence-corrected chi connectivity index (χ4v) is 4.40. The highest BCUT2D eigenvalue weighted by Gasteiger charge is 2.16. The summed E-state index contributed by atoms with van der Waals surface area (Å²) in [7, 11) is 0. The third-order valence-electron chi connectivity index (χ3n) is 4.88. The first-order valence-electron chi connectivity index (χ1n) is 9.89. The molecule has 3 heterocycles. The predicted octanol–water partition coefficient (Wildman–Crippen LogP) is 6.73. The number of pyridine rings is 1. The summed E-state index contributed by atoms with van der Waals surface area (Å²) < 4.78 is 2.07. The molecule has 0 radical (unpaired) electrons. The van der Waals surface area contributed by atoms with Crippen molar-refractivity contribution in [3.63, 3.8) is 0 Å². The average Bonchev–Trinajstić information content (AvgIpc) is 3.42. The number of nitrogens with one attached hydrogen (secondary N) is 1. The van der Waals surface area contributed by atoms with Gasteiger partial charge in [-0.05, 0) is 48.0 Å². The van der Waals surface area contributed by atoms with Gasteiger partial charge < -0.3 is 5.32 Å². The van der Waals surface area contributed by atoms with Crippen molar-refractivity contribution in [2.75, 3.05) is 5.32 Å². The van der Waals surface area contributed by atoms with Crippen molar-refractivity contribution in [1.29, 1.82) is 0 Å². The molecule has 150 valence electrons. The lowest BCUT2D eigenvalue weighted by Crippen LogP contribution is -2.03. The molecule has 0 bridgehead atoms. The topological polar surface area (TPSA) is 29.3 Å². The first-order chi connectivity index (χ1) is 15.3. The summed E-state index contributed by atoms with van der Waals surface area (Å²) in [6.45, 7) is 0.613. The van der Waals surface area contributed by atoms with E-state index in [9.17, 15) is 0 Å². The number of thiophene rings is 1. The molecular weight excluding hydrogens is 422 g/mol. The Balaban J connectivity index is 1.49. The van der Waals surface area contributed by atoms with Gasteiger partial charge in [-0.15, -0.1) is 11.3 Å². The predicted molar refractivity (Wildman–Crippen MR) is 130 cm³/mol. The van der Waals surface area contributed by atoms with Gasteiger partial charge in [-0.3, -0.25) is 4.40 Å². The molecule has 0 spiro atoms. The first kappa shape index (κ1) is 19.4. The molecular formula is C26H18ClN3S. The highest BCUT2D eigenvalue weighted by molar-refractivity contribution is 7.16. The minimum atomic E-state index is 0.613. The van der Waals surface area contributed by atoms with E-state index in [0.29, 0.717) is 6.54 Å². The Morgan fingerprint density at radius 2 is 1.68 bits per heavy atom. The summed E-state index contributed by atoms with van der Waals surface area (Å²) >= 11 is 8.00. The van der Waals surface area contributed by atoms with Crippen molar-refractivity contribution < 1.29 is 0 Å². The molecule has 0 aliphatic carbocycles. The van der Waals surface area contributed by atoms with E-state index >= 15 is 0 Å². The molecule has 2 aromatic carbocycles. The fraction of sp³-hybridized carbons (Fsp3) is 0.0385. The number of aromatic nitrogens is 2. The van der Waals surface area contributed by atoms with E-state index in [1.54, 1.807) is 11.3 Å². The number of imidazole rings is 1. The summed E-state index contributed by atoms with van der Waals surface area (Å²) in [5.41, 5.74) is 3.86. The van der Waals surface area contributed by atoms with Gasteiger partial charge in [-0.25, -0.2) is 4.98 Å². The minimum absolute atomic E-state index is 0.613. The first-order valence-corrected chi connectivity index (χ1v) is 11.1. The number of hydrogen-bond acceptors (Lipinski definition) is 3. The van der Waals surface area contributed by atoms with E-state index in [2.05, 4.69) is 33.7 Å². The van der Waals surface area contributed by atoms with E-state index in [-0.39, 0.29) is 0 Å². The molecule has 0 unspecified atom stereocenters. The Bertz CT molecular complexity index is 1410. The summed E-state index contributed by atoms with van der Waals surface area (Å²) in [4.78, 5) is 6.96. The third-order valence-corrected chi connectivity index (χ3v) is 6.25. The molecule has 0 saturated carbocycles. The SMILES string of the molecule is Clc1ccccc1CNc1c(-c2ccc(C#Cc3ccccc3)s2)nc2ccccn12. The van der Waals surface area contributed by atoms with Gasteiger partial charge in [0.1, 0.15) is 17.2 Å². The van der Waals surface area contributed by atoms with Gasteiger partial charge in [0.25, 0.3) is 0 Å². The van der Waals surface area contributed by atoms with Crippen LogP contribution in [0.3, 0.4) is 0 Å². The number of hydrogen-bond donors (Lipinski definition) is 1. The Kier molecular flexibility index (Phi) is 5.45. The summed E-state index contributed by atoms with van der Waals surface area (Å²) in [6.07, 6.45) is 2.02. The summed E-state index contributed by atoms with van der Waals surface area (Å²) in [5, 5.41) is 4.30. The van der Waals surface area contributed by atoms with Crippen LogP contribution in [0.5, 0.6) is 0 Å². The van der Waals surface area contributed by atoms with Crippen LogP contribution in [0, 0.1) is 11.8 Å². The van der Waals surface area contributed by atoms with Crippen molar-refractivity contribution in [3.8, 4) is 22.4 Å². The lowest BCUT2D eigenvalue weighted by molar-refractivity contribution is 1.08. The largest absolute Gasteiger partial charge is 0.365 e. The Morgan fingerprint density at radius 3 is 2.55 bits per heavy atom. The maximum absolute atomic E-state index is 6.35. The molecule has 0 aliphatic heterocycles. The molecule has 31 heavy (non-hydrogen) atoms. The van der Waals surface area contributed by atoms with Crippen LogP contribution >= 0.6 is 22.9 Å². The van der Waals surface area contributed by atoms with Crippen molar-refractivity contribution in [1.82, 2.24) is 9.38 Å². The molecule has 0 fully saturated rings. The van der Waals surface area contributed by atoms with Gasteiger partial charge >= 0.3 is 0 Å². The molecule has 0 amide bonds. The fourth-order valence-electron chi connectivity index (χ4n) is 3.34. The molecule has 0 aliphatic rings. The zero-order valence-electron chi connectivity index (χ0n) is 16.5. The number of fused-ring (bicyclic) bond motifs is 1. The molecule has 1 N–H and O–H groups in total. The highest BCUT2D eigenvalue weighted by atomic mass is 35.5. The van der Waals surface area contributed by atoms with Crippen LogP contribution in [0.1, 0.15) is 16.0 Å². The molecule has 5 heteroatoms. The second-order valence-electron chi connectivity index (χ2n) is 6.96. The van der Waals surface area contributed by atoms with Crippen molar-refractivity contribution >= 4 is 34.4 Å². The quantitative estimate of drug-likeness (QED) is 0.314. The van der Waals surface area contributed by atoms with E-state index in [4.69, 9.17) is 16.6 Å². The molecule has 3 aromatic heterocycles. The number of anilines is 1. The van der Waals surface area contributed by atoms with E-state index < -0.39 is 0 Å². The Labute approximate surface area is 190 Å². The van der Waals surface area contributed by atoms with E-state index in [0.717, 1.165) is 43.1 Å². The molecule has 0 atom stereocenters. The van der Waals surface area contributed by atoms with Gasteiger partial charge in [-0.2, -0.15) is 0 Å². The maximum Gasteiger partial charge on any atom is 0.139 e. The second kappa shape index (κ2) is 8.69. The molecule has 5 aromatic rings. The van der Waals surface area contributed by atoms with Crippen LogP contribution in [0.15, 0.2) is 91.1 Å². The minimum Gasteiger partial charge on any atom is -0.365 e. The zero-order valence-corrected chi connectivity index (χ0v) is 18.1. The van der Waals surface area contributed by atoms with Gasteiger partial charge in [0.15, 0.2) is 0 Å². The normalized spacial score (nSPS) is 10.6. The lowest BCUT2D eigenvalue weighted by atomic mass is 10.2. The molecule has 3 nitrogen and oxygen atoms in total. The summed E-state index contributed by atoms with van der Waals surface area (Å²) in [6, 6.07) is 28.0. The molecule has 5 rings (SSSR count). The highest BCUT2D eigenvalue weighted by Crippen LogP contribution is 2.34. The standard InChI is InChI=1S/C26H18ClN3S/c27-22-11-5-4-10-20(22)18-28-26-25(29-24-12-6-7-17-30(24)26)23-16-15-21(31-23)14-13-19-8-2-1-3-9-19/h1-12,15-17,28H,18H2. The lowest BCUT2D eigenvalue weighted by Gasteiger charge is -2.09. The van der Waals surface area contributed by atoms with Crippen molar-refractivity contribution in [2.45, 2.75) is 6.54 Å². The van der Waals surface area contributed by atoms with Crippen LogP contribution in [0.4, 0.5) is 5.82 Å². The van der Waals surface area contributed by atoms with Gasteiger partial charge in [0.2, 0.25) is 0 Å². The monoisotopic (exact) mass is 439 g/mol. The maximum atomic E-state index is 6.35. The van der Waals surface area contributed by atoms with Crippen LogP contribution in [0.2, 0.25) is 5.02 Å². The Hall–Kier alpha value is -3.52.